The van der Waals surface area contributed by atoms with Crippen molar-refractivity contribution in [2.45, 2.75) is 19.8 Å². The summed E-state index contributed by atoms with van der Waals surface area (Å²) in [5, 5.41) is 0. The lowest BCUT2D eigenvalue weighted by Crippen LogP contribution is -2.41. The number of carbonyl (C=O) groups excluding carboxylic acids is 2. The van der Waals surface area contributed by atoms with Crippen molar-refractivity contribution in [1.29, 1.82) is 0 Å². The van der Waals surface area contributed by atoms with Crippen molar-refractivity contribution in [2.24, 2.45) is 11.7 Å². The molecule has 0 spiro atoms. The molecule has 1 aliphatic rings. The zero-order valence-corrected chi connectivity index (χ0v) is 11.9. The topological polar surface area (TPSA) is 72.6 Å². The zero-order chi connectivity index (χ0) is 14.7. The van der Waals surface area contributed by atoms with E-state index in [2.05, 4.69) is 4.90 Å². The van der Waals surface area contributed by atoms with Crippen LogP contribution in [0.1, 0.15) is 30.1 Å². The molecule has 0 aromatic heterocycles. The van der Waals surface area contributed by atoms with Crippen LogP contribution in [-0.4, -0.2) is 31.9 Å². The highest BCUT2D eigenvalue weighted by molar-refractivity contribution is 6.02. The normalized spacial score (nSPS) is 18.7. The van der Waals surface area contributed by atoms with E-state index in [1.165, 1.54) is 6.92 Å². The molecule has 0 aliphatic carbocycles. The van der Waals surface area contributed by atoms with Crippen LogP contribution in [-0.2, 0) is 4.79 Å². The fraction of sp³-hybridized carbons (Fsp3) is 0.467. The van der Waals surface area contributed by atoms with Crippen molar-refractivity contribution in [3.63, 3.8) is 0 Å². The van der Waals surface area contributed by atoms with E-state index >= 15 is 0 Å². The van der Waals surface area contributed by atoms with Crippen molar-refractivity contribution in [3.05, 3.63) is 23.8 Å². The van der Waals surface area contributed by atoms with Crippen LogP contribution in [0, 0.1) is 5.92 Å². The van der Waals surface area contributed by atoms with Crippen LogP contribution >= 0.6 is 0 Å². The van der Waals surface area contributed by atoms with Gasteiger partial charge in [-0.1, -0.05) is 6.07 Å². The number of piperidine rings is 1. The van der Waals surface area contributed by atoms with Gasteiger partial charge in [-0.25, -0.2) is 0 Å². The Labute approximate surface area is 118 Å². The number of ketones is 1. The SMILES string of the molecule is COc1cccc(N2CCCC(C(N)=O)C2)c1C(C)=O. The van der Waals surface area contributed by atoms with E-state index < -0.39 is 0 Å². The van der Waals surface area contributed by atoms with Crippen molar-refractivity contribution in [1.82, 2.24) is 0 Å². The van der Waals surface area contributed by atoms with Crippen LogP contribution < -0.4 is 15.4 Å². The second-order valence-electron chi connectivity index (χ2n) is 5.10. The standard InChI is InChI=1S/C15H20N2O3/c1-10(18)14-12(6-3-7-13(14)20-2)17-8-4-5-11(9-17)15(16)19/h3,6-7,11H,4-5,8-9H2,1-2H3,(H2,16,19). The molecule has 1 saturated heterocycles. The Balaban J connectivity index is 2.37. The van der Waals surface area contributed by atoms with E-state index in [0.717, 1.165) is 25.1 Å². The quantitative estimate of drug-likeness (QED) is 0.848. The number of carbonyl (C=O) groups is 2. The van der Waals surface area contributed by atoms with Gasteiger partial charge in [0.05, 0.1) is 24.3 Å². The van der Waals surface area contributed by atoms with Crippen LogP contribution in [0.4, 0.5) is 5.69 Å². The highest BCUT2D eigenvalue weighted by Gasteiger charge is 2.27. The number of methoxy groups -OCH3 is 1. The molecule has 1 aromatic carbocycles. The van der Waals surface area contributed by atoms with Gasteiger partial charge in [-0.15, -0.1) is 0 Å². The van der Waals surface area contributed by atoms with Crippen molar-refractivity contribution in [2.75, 3.05) is 25.1 Å². The van der Waals surface area contributed by atoms with E-state index in [1.807, 2.05) is 12.1 Å². The van der Waals surface area contributed by atoms with Crippen molar-refractivity contribution >= 4 is 17.4 Å². The van der Waals surface area contributed by atoms with E-state index in [1.54, 1.807) is 13.2 Å². The average Bonchev–Trinajstić information content (AvgIpc) is 2.46. The zero-order valence-electron chi connectivity index (χ0n) is 11.9. The first-order valence-corrected chi connectivity index (χ1v) is 6.76. The number of nitrogens with zero attached hydrogens (tertiary/aromatic N) is 1. The number of hydrogen-bond acceptors (Lipinski definition) is 4. The summed E-state index contributed by atoms with van der Waals surface area (Å²) in [6.07, 6.45) is 1.70. The van der Waals surface area contributed by atoms with Crippen LogP contribution in [0.3, 0.4) is 0 Å². The van der Waals surface area contributed by atoms with Gasteiger partial charge in [-0.3, -0.25) is 9.59 Å². The van der Waals surface area contributed by atoms with Gasteiger partial charge >= 0.3 is 0 Å². The first-order chi connectivity index (χ1) is 9.54. The smallest absolute Gasteiger partial charge is 0.222 e. The third-order valence-electron chi connectivity index (χ3n) is 3.74. The predicted octanol–water partition coefficient (Wildman–Crippen LogP) is 1.60. The second-order valence-corrected chi connectivity index (χ2v) is 5.10. The summed E-state index contributed by atoms with van der Waals surface area (Å²) in [4.78, 5) is 25.3. The molecule has 20 heavy (non-hydrogen) atoms. The molecule has 1 heterocycles. The molecule has 5 nitrogen and oxygen atoms in total. The first kappa shape index (κ1) is 14.4. The molecule has 1 amide bonds. The van der Waals surface area contributed by atoms with E-state index in [0.29, 0.717) is 17.9 Å². The van der Waals surface area contributed by atoms with Crippen molar-refractivity contribution < 1.29 is 14.3 Å². The molecule has 1 unspecified atom stereocenters. The largest absolute Gasteiger partial charge is 0.496 e. The van der Waals surface area contributed by atoms with Crippen LogP contribution in [0.5, 0.6) is 5.75 Å². The average molecular weight is 276 g/mol. The minimum atomic E-state index is -0.276. The Morgan fingerprint density at radius 3 is 2.75 bits per heavy atom. The summed E-state index contributed by atoms with van der Waals surface area (Å²) in [5.41, 5.74) is 6.80. The number of amides is 1. The second kappa shape index (κ2) is 5.94. The molecule has 2 rings (SSSR count). The fourth-order valence-electron chi connectivity index (χ4n) is 2.74. The lowest BCUT2D eigenvalue weighted by atomic mass is 9.95. The first-order valence-electron chi connectivity index (χ1n) is 6.76. The Morgan fingerprint density at radius 2 is 2.15 bits per heavy atom. The third kappa shape index (κ3) is 2.76. The number of nitrogens with two attached hydrogens (primary N) is 1. The molecule has 0 radical (unpaired) electrons. The van der Waals surface area contributed by atoms with Crippen LogP contribution in [0.15, 0.2) is 18.2 Å². The van der Waals surface area contributed by atoms with Gasteiger partial charge in [-0.2, -0.15) is 0 Å². The summed E-state index contributed by atoms with van der Waals surface area (Å²) < 4.78 is 5.27. The monoisotopic (exact) mass is 276 g/mol. The fourth-order valence-corrected chi connectivity index (χ4v) is 2.74. The molecular formula is C15H20N2O3. The number of primary amides is 1. The number of anilines is 1. The number of hydrogen-bond donors (Lipinski definition) is 1. The molecule has 0 saturated carbocycles. The maximum absolute atomic E-state index is 11.9. The maximum Gasteiger partial charge on any atom is 0.222 e. The van der Waals surface area contributed by atoms with Gasteiger partial charge in [0.15, 0.2) is 5.78 Å². The number of benzene rings is 1. The van der Waals surface area contributed by atoms with E-state index in [4.69, 9.17) is 10.5 Å². The number of Topliss-reactive ketones (excluding diaryl/α,β-unsaturated/α-hetero) is 1. The molecule has 108 valence electrons. The molecule has 1 aliphatic heterocycles. The highest BCUT2D eigenvalue weighted by Crippen LogP contribution is 2.32. The maximum atomic E-state index is 11.9. The Morgan fingerprint density at radius 1 is 1.40 bits per heavy atom. The van der Waals surface area contributed by atoms with Gasteiger partial charge in [0, 0.05) is 13.1 Å². The minimum Gasteiger partial charge on any atom is -0.496 e. The van der Waals surface area contributed by atoms with E-state index in [-0.39, 0.29) is 17.6 Å². The third-order valence-corrected chi connectivity index (χ3v) is 3.74. The molecule has 0 bridgehead atoms. The molecule has 1 fully saturated rings. The molecule has 1 atom stereocenters. The predicted molar refractivity (Wildman–Crippen MR) is 77.1 cm³/mol. The summed E-state index contributed by atoms with van der Waals surface area (Å²) in [6.45, 7) is 2.90. The molecule has 2 N–H and O–H groups in total. The molecule has 5 heteroatoms. The minimum absolute atomic E-state index is 0.0429. The van der Waals surface area contributed by atoms with Crippen LogP contribution in [0.2, 0.25) is 0 Å². The molecular weight excluding hydrogens is 256 g/mol. The lowest BCUT2D eigenvalue weighted by molar-refractivity contribution is -0.122. The summed E-state index contributed by atoms with van der Waals surface area (Å²) in [6, 6.07) is 5.52. The lowest BCUT2D eigenvalue weighted by Gasteiger charge is -2.34. The summed E-state index contributed by atoms with van der Waals surface area (Å²) in [5.74, 6) is 0.0894. The Kier molecular flexibility index (Phi) is 4.27. The highest BCUT2D eigenvalue weighted by atomic mass is 16.5. The number of ether oxygens (including phenoxy) is 1. The molecule has 1 aromatic rings. The summed E-state index contributed by atoms with van der Waals surface area (Å²) >= 11 is 0. The van der Waals surface area contributed by atoms with Gasteiger partial charge in [0.2, 0.25) is 5.91 Å². The van der Waals surface area contributed by atoms with Crippen LogP contribution in [0.25, 0.3) is 0 Å². The van der Waals surface area contributed by atoms with Crippen molar-refractivity contribution in [3.8, 4) is 5.75 Å². The van der Waals surface area contributed by atoms with Gasteiger partial charge < -0.3 is 15.4 Å². The Bertz CT molecular complexity index is 528. The number of rotatable bonds is 4. The van der Waals surface area contributed by atoms with Gasteiger partial charge in [-0.05, 0) is 31.9 Å². The summed E-state index contributed by atoms with van der Waals surface area (Å²) in [7, 11) is 1.55. The van der Waals surface area contributed by atoms with Gasteiger partial charge in [0.25, 0.3) is 0 Å². The Hall–Kier alpha value is -2.04. The van der Waals surface area contributed by atoms with Gasteiger partial charge in [0.1, 0.15) is 5.75 Å². The van der Waals surface area contributed by atoms with E-state index in [9.17, 15) is 9.59 Å².